The van der Waals surface area contributed by atoms with Crippen LogP contribution in [0.4, 0.5) is 16.0 Å². The molecule has 41 heavy (non-hydrogen) atoms. The van der Waals surface area contributed by atoms with Gasteiger partial charge in [0.15, 0.2) is 17.3 Å². The fourth-order valence-corrected chi connectivity index (χ4v) is 7.27. The molecule has 0 saturated carbocycles. The highest BCUT2D eigenvalue weighted by atomic mass is 32.2. The zero-order valence-electron chi connectivity index (χ0n) is 22.3. The van der Waals surface area contributed by atoms with Gasteiger partial charge in [-0.3, -0.25) is 0 Å². The van der Waals surface area contributed by atoms with Gasteiger partial charge in [-0.25, -0.2) is 37.0 Å². The van der Waals surface area contributed by atoms with E-state index in [0.29, 0.717) is 41.2 Å². The first-order valence-electron chi connectivity index (χ1n) is 13.1. The lowest BCUT2D eigenvalue weighted by molar-refractivity contribution is 0.180. The minimum atomic E-state index is -3.31. The number of halogens is 1. The van der Waals surface area contributed by atoms with Crippen molar-refractivity contribution in [2.24, 2.45) is 0 Å². The Kier molecular flexibility index (Phi) is 5.66. The summed E-state index contributed by atoms with van der Waals surface area (Å²) in [5, 5.41) is 19.8. The van der Waals surface area contributed by atoms with Gasteiger partial charge < -0.3 is 15.7 Å². The largest absolute Gasteiger partial charge is 0.508 e. The Bertz CT molecular complexity index is 1940. The normalized spacial score (nSPS) is 19.5. The predicted octanol–water partition coefficient (Wildman–Crippen LogP) is 1.93. The number of anilines is 2. The van der Waals surface area contributed by atoms with Crippen LogP contribution in [0.1, 0.15) is 24.2 Å². The second-order valence-corrected chi connectivity index (χ2v) is 12.6. The molecule has 0 amide bonds. The molecule has 13 nitrogen and oxygen atoms in total. The van der Waals surface area contributed by atoms with Gasteiger partial charge in [0.25, 0.3) is 0 Å². The van der Waals surface area contributed by atoms with Gasteiger partial charge in [0.1, 0.15) is 41.5 Å². The topological polar surface area (TPSA) is 161 Å². The first-order valence-corrected chi connectivity index (χ1v) is 15.0. The molecule has 2 atom stereocenters. The van der Waals surface area contributed by atoms with E-state index in [1.165, 1.54) is 24.7 Å². The molecule has 4 aromatic heterocycles. The first-order chi connectivity index (χ1) is 19.6. The van der Waals surface area contributed by atoms with Crippen molar-refractivity contribution in [3.8, 4) is 17.0 Å². The summed E-state index contributed by atoms with van der Waals surface area (Å²) in [6.07, 6.45) is 6.13. The van der Waals surface area contributed by atoms with Gasteiger partial charge in [0.2, 0.25) is 10.0 Å². The zero-order chi connectivity index (χ0) is 28.6. The van der Waals surface area contributed by atoms with Gasteiger partial charge in [-0.15, -0.1) is 0 Å². The van der Waals surface area contributed by atoms with E-state index in [9.17, 15) is 17.9 Å². The Morgan fingerprint density at radius 1 is 1.12 bits per heavy atom. The van der Waals surface area contributed by atoms with E-state index < -0.39 is 15.8 Å². The lowest BCUT2D eigenvalue weighted by Gasteiger charge is -2.50. The summed E-state index contributed by atoms with van der Waals surface area (Å²) >= 11 is 0. The van der Waals surface area contributed by atoms with Crippen molar-refractivity contribution in [1.82, 2.24) is 38.7 Å². The molecular formula is C26H27FN10O3S. The number of nitrogen functional groups attached to an aromatic ring is 1. The average molecular weight is 579 g/mol. The third kappa shape index (κ3) is 4.23. The molecular weight excluding hydrogens is 551 g/mol. The number of rotatable bonds is 5. The molecule has 5 aromatic rings. The maximum Gasteiger partial charge on any atom is 0.211 e. The number of aryl methyl sites for hydroxylation is 1. The molecule has 3 saturated heterocycles. The average Bonchev–Trinajstić information content (AvgIpc) is 3.49. The number of hydrogen-bond donors (Lipinski definition) is 2. The quantitative estimate of drug-likeness (QED) is 0.315. The first kappa shape index (κ1) is 25.6. The Hall–Kier alpha value is -4.37. The smallest absolute Gasteiger partial charge is 0.211 e. The van der Waals surface area contributed by atoms with E-state index in [1.807, 2.05) is 19.2 Å². The van der Waals surface area contributed by atoms with E-state index in [2.05, 4.69) is 20.0 Å². The van der Waals surface area contributed by atoms with Crippen LogP contribution in [0.5, 0.6) is 5.75 Å². The van der Waals surface area contributed by atoms with Crippen molar-refractivity contribution in [1.29, 1.82) is 0 Å². The molecule has 7 heterocycles. The number of aromatic nitrogens is 7. The van der Waals surface area contributed by atoms with Crippen LogP contribution in [0, 0.1) is 12.7 Å². The van der Waals surface area contributed by atoms with E-state index in [1.54, 1.807) is 13.5 Å². The molecule has 0 aliphatic carbocycles. The van der Waals surface area contributed by atoms with Crippen molar-refractivity contribution < 1.29 is 17.9 Å². The number of phenolic OH excluding ortho intramolecular Hbond substituents is 1. The maximum absolute atomic E-state index is 14.2. The van der Waals surface area contributed by atoms with Crippen LogP contribution in [0.15, 0.2) is 36.8 Å². The summed E-state index contributed by atoms with van der Waals surface area (Å²) in [5.74, 6) is 0.480. The summed E-state index contributed by atoms with van der Waals surface area (Å²) in [6, 6.07) is 5.50. The molecule has 3 aliphatic heterocycles. The molecule has 2 bridgehead atoms. The van der Waals surface area contributed by atoms with Crippen molar-refractivity contribution in [3.05, 3.63) is 54.0 Å². The van der Waals surface area contributed by atoms with Crippen LogP contribution in [-0.2, 0) is 16.6 Å². The Balaban J connectivity index is 1.32. The van der Waals surface area contributed by atoms with Gasteiger partial charge in [-0.1, -0.05) is 0 Å². The monoisotopic (exact) mass is 578 g/mol. The number of nitrogens with zero attached hydrogens (tertiary/aromatic N) is 9. The molecule has 0 spiro atoms. The predicted molar refractivity (Wildman–Crippen MR) is 149 cm³/mol. The third-order valence-corrected chi connectivity index (χ3v) is 9.22. The van der Waals surface area contributed by atoms with E-state index in [-0.39, 0.29) is 30.2 Å². The molecule has 212 valence electrons. The van der Waals surface area contributed by atoms with E-state index in [4.69, 9.17) is 15.8 Å². The summed E-state index contributed by atoms with van der Waals surface area (Å²) in [7, 11) is -3.31. The summed E-state index contributed by atoms with van der Waals surface area (Å²) in [5.41, 5.74) is 9.12. The van der Waals surface area contributed by atoms with Crippen molar-refractivity contribution in [2.75, 3.05) is 30.0 Å². The van der Waals surface area contributed by atoms with E-state index in [0.717, 1.165) is 35.8 Å². The van der Waals surface area contributed by atoms with Crippen LogP contribution in [0.2, 0.25) is 0 Å². The molecule has 0 unspecified atom stereocenters. The number of fused-ring (bicyclic) bond motifs is 5. The number of aromatic hydroxyl groups is 1. The Morgan fingerprint density at radius 2 is 1.93 bits per heavy atom. The van der Waals surface area contributed by atoms with Gasteiger partial charge in [-0.05, 0) is 43.5 Å². The molecule has 8 rings (SSSR count). The molecule has 3 N–H and O–H groups in total. The van der Waals surface area contributed by atoms with Gasteiger partial charge >= 0.3 is 0 Å². The third-order valence-electron chi connectivity index (χ3n) is 7.92. The maximum atomic E-state index is 14.2. The number of piperazine rings is 1. The fraction of sp³-hybridized carbons (Fsp3) is 0.346. The zero-order valence-corrected chi connectivity index (χ0v) is 23.1. The molecule has 3 fully saturated rings. The highest BCUT2D eigenvalue weighted by Crippen LogP contribution is 2.36. The molecule has 3 aliphatic rings. The highest BCUT2D eigenvalue weighted by molar-refractivity contribution is 7.88. The standard InChI is InChI=1S/C26H27FN10O3S/c1-14-5-6-35-23(14)26(34-10-18-4-3-17(34)11-37(18)41(2,39)40)31-20(32-35)12-36-25-21(24(28)29-13-30-25)22(33-36)15-7-16(27)9-19(38)8-15/h5-9,13,17-18,38H,3-4,10-12H2,1-2H3,(H2,28,29,30)/t17-,18+/m1/s1. The summed E-state index contributed by atoms with van der Waals surface area (Å²) in [6.45, 7) is 3.06. The second kappa shape index (κ2) is 9.07. The minimum Gasteiger partial charge on any atom is -0.508 e. The Labute approximate surface area is 234 Å². The van der Waals surface area contributed by atoms with Crippen LogP contribution in [0.3, 0.4) is 0 Å². The number of piperidine rings is 2. The number of hydrogen-bond acceptors (Lipinski definition) is 10. The lowest BCUT2D eigenvalue weighted by atomic mass is 9.93. The second-order valence-electron chi connectivity index (χ2n) is 10.7. The van der Waals surface area contributed by atoms with Crippen LogP contribution >= 0.6 is 0 Å². The number of phenols is 1. The lowest BCUT2D eigenvalue weighted by Crippen LogP contribution is -2.64. The van der Waals surface area contributed by atoms with Gasteiger partial charge in [0.05, 0.1) is 11.6 Å². The minimum absolute atomic E-state index is 0.0131. The molecule has 15 heteroatoms. The Morgan fingerprint density at radius 3 is 2.66 bits per heavy atom. The SMILES string of the molecule is Cc1ccn2nc(Cn3nc(-c4cc(O)cc(F)c4)c4c(N)ncnc43)nc(N3C[C@@H]4CC[C@@H]3CN4S(C)(=O)=O)c12. The molecule has 1 aromatic carbocycles. The van der Waals surface area contributed by atoms with Crippen LogP contribution in [0.25, 0.3) is 27.8 Å². The molecule has 0 radical (unpaired) electrons. The fourth-order valence-electron chi connectivity index (χ4n) is 6.11. The van der Waals surface area contributed by atoms with Crippen LogP contribution < -0.4 is 10.6 Å². The van der Waals surface area contributed by atoms with Crippen molar-refractivity contribution in [3.63, 3.8) is 0 Å². The summed E-state index contributed by atoms with van der Waals surface area (Å²) in [4.78, 5) is 15.7. The van der Waals surface area contributed by atoms with Crippen LogP contribution in [-0.4, -0.2) is 83.6 Å². The highest BCUT2D eigenvalue weighted by Gasteiger charge is 2.44. The van der Waals surface area contributed by atoms with E-state index >= 15 is 0 Å². The van der Waals surface area contributed by atoms with Crippen molar-refractivity contribution >= 4 is 38.2 Å². The number of sulfonamides is 1. The van der Waals surface area contributed by atoms with Gasteiger partial charge in [0, 0.05) is 43.0 Å². The van der Waals surface area contributed by atoms with Crippen molar-refractivity contribution in [2.45, 2.75) is 38.4 Å². The number of benzene rings is 1. The van der Waals surface area contributed by atoms with Gasteiger partial charge in [-0.2, -0.15) is 14.5 Å². The number of nitrogens with two attached hydrogens (primary N) is 1. The summed E-state index contributed by atoms with van der Waals surface area (Å²) < 4.78 is 43.9.